The van der Waals surface area contributed by atoms with Crippen LogP contribution in [-0.2, 0) is 14.3 Å². The maximum atomic E-state index is 13.3. The lowest BCUT2D eigenvalue weighted by atomic mass is 9.75. The summed E-state index contributed by atoms with van der Waals surface area (Å²) in [7, 11) is 0. The zero-order valence-corrected chi connectivity index (χ0v) is 16.8. The van der Waals surface area contributed by atoms with E-state index in [0.29, 0.717) is 12.0 Å². The van der Waals surface area contributed by atoms with Gasteiger partial charge in [-0.25, -0.2) is 4.79 Å². The highest BCUT2D eigenvalue weighted by Crippen LogP contribution is 2.42. The van der Waals surface area contributed by atoms with Crippen LogP contribution in [0.15, 0.2) is 46.8 Å². The van der Waals surface area contributed by atoms with Crippen LogP contribution in [0.25, 0.3) is 0 Å². The molecule has 4 rings (SSSR count). The van der Waals surface area contributed by atoms with Gasteiger partial charge in [-0.05, 0) is 57.9 Å². The molecule has 1 heterocycles. The number of hydrogen-bond acceptors (Lipinski definition) is 4. The minimum atomic E-state index is -0.333. The largest absolute Gasteiger partial charge is 0.459 e. The number of carbonyl (C=O) groups is 2. The molecule has 1 aromatic carbocycles. The Morgan fingerprint density at radius 1 is 1.00 bits per heavy atom. The molecule has 0 amide bonds. The average Bonchev–Trinajstić information content (AvgIpc) is 2.68. The van der Waals surface area contributed by atoms with Crippen molar-refractivity contribution in [2.24, 2.45) is 0 Å². The Labute approximate surface area is 167 Å². The highest BCUT2D eigenvalue weighted by atomic mass is 16.5. The van der Waals surface area contributed by atoms with Gasteiger partial charge in [-0.1, -0.05) is 36.2 Å². The first-order valence-electron chi connectivity index (χ1n) is 10.6. The fourth-order valence-electron chi connectivity index (χ4n) is 4.74. The van der Waals surface area contributed by atoms with Crippen molar-refractivity contribution < 1.29 is 14.3 Å². The van der Waals surface area contributed by atoms with Crippen molar-refractivity contribution in [3.8, 4) is 0 Å². The van der Waals surface area contributed by atoms with E-state index in [9.17, 15) is 9.59 Å². The molecule has 4 nitrogen and oxygen atoms in total. The summed E-state index contributed by atoms with van der Waals surface area (Å²) in [5.41, 5.74) is 5.31. The molecule has 1 aliphatic heterocycles. The number of Topliss-reactive ketones (excluding diaryl/α,β-unsaturated/α-hetero) is 1. The van der Waals surface area contributed by atoms with Gasteiger partial charge in [0.1, 0.15) is 6.10 Å². The number of rotatable bonds is 3. The summed E-state index contributed by atoms with van der Waals surface area (Å²) in [6.07, 6.45) is 7.58. The topological polar surface area (TPSA) is 55.4 Å². The van der Waals surface area contributed by atoms with Crippen LogP contribution < -0.4 is 5.32 Å². The fraction of sp³-hybridized carbons (Fsp3) is 0.500. The molecule has 2 aliphatic carbocycles. The first-order chi connectivity index (χ1) is 13.5. The first-order valence-corrected chi connectivity index (χ1v) is 10.6. The van der Waals surface area contributed by atoms with Gasteiger partial charge in [0.25, 0.3) is 0 Å². The van der Waals surface area contributed by atoms with Gasteiger partial charge in [0.05, 0.1) is 5.57 Å². The molecule has 0 bridgehead atoms. The lowest BCUT2D eigenvalue weighted by molar-refractivity contribution is -0.146. The third kappa shape index (κ3) is 3.65. The number of hydrogen-bond donors (Lipinski definition) is 1. The summed E-state index contributed by atoms with van der Waals surface area (Å²) in [6, 6.07) is 8.17. The van der Waals surface area contributed by atoms with Crippen LogP contribution >= 0.6 is 0 Å². The Bertz CT molecular complexity index is 841. The van der Waals surface area contributed by atoms with E-state index in [1.165, 1.54) is 6.42 Å². The van der Waals surface area contributed by atoms with Gasteiger partial charge in [-0.3, -0.25) is 4.79 Å². The fourth-order valence-corrected chi connectivity index (χ4v) is 4.74. The van der Waals surface area contributed by atoms with E-state index >= 15 is 0 Å². The molecular formula is C24H29NO3. The maximum Gasteiger partial charge on any atom is 0.337 e. The van der Waals surface area contributed by atoms with Crippen molar-refractivity contribution in [1.82, 2.24) is 5.32 Å². The molecule has 0 aromatic heterocycles. The molecule has 1 atom stereocenters. The quantitative estimate of drug-likeness (QED) is 0.764. The molecule has 3 aliphatic rings. The van der Waals surface area contributed by atoms with Crippen LogP contribution in [0.1, 0.15) is 75.3 Å². The third-order valence-electron chi connectivity index (χ3n) is 6.23. The zero-order chi connectivity index (χ0) is 19.7. The van der Waals surface area contributed by atoms with E-state index in [4.69, 9.17) is 4.74 Å². The predicted octanol–water partition coefficient (Wildman–Crippen LogP) is 4.84. The van der Waals surface area contributed by atoms with Crippen molar-refractivity contribution in [1.29, 1.82) is 0 Å². The summed E-state index contributed by atoms with van der Waals surface area (Å²) in [4.78, 5) is 26.1. The molecule has 1 unspecified atom stereocenters. The Kier molecular flexibility index (Phi) is 5.38. The van der Waals surface area contributed by atoms with E-state index in [1.807, 2.05) is 38.1 Å². The van der Waals surface area contributed by atoms with Gasteiger partial charge in [0.2, 0.25) is 0 Å². The highest BCUT2D eigenvalue weighted by molar-refractivity contribution is 6.03. The first kappa shape index (κ1) is 19.0. The Morgan fingerprint density at radius 2 is 1.71 bits per heavy atom. The molecule has 28 heavy (non-hydrogen) atoms. The van der Waals surface area contributed by atoms with Crippen LogP contribution in [0.2, 0.25) is 0 Å². The molecule has 1 fully saturated rings. The molecule has 0 saturated heterocycles. The van der Waals surface area contributed by atoms with Gasteiger partial charge in [-0.15, -0.1) is 0 Å². The molecule has 1 saturated carbocycles. The van der Waals surface area contributed by atoms with Gasteiger partial charge >= 0.3 is 5.97 Å². The molecule has 148 valence electrons. The van der Waals surface area contributed by atoms with Crippen molar-refractivity contribution in [2.75, 3.05) is 0 Å². The molecule has 1 aromatic rings. The highest BCUT2D eigenvalue weighted by Gasteiger charge is 2.39. The van der Waals surface area contributed by atoms with Gasteiger partial charge < -0.3 is 10.1 Å². The number of benzene rings is 1. The van der Waals surface area contributed by atoms with Crippen LogP contribution in [0, 0.1) is 6.92 Å². The van der Waals surface area contributed by atoms with Crippen molar-refractivity contribution in [3.63, 3.8) is 0 Å². The second-order valence-electron chi connectivity index (χ2n) is 8.34. The minimum Gasteiger partial charge on any atom is -0.459 e. The number of carbonyl (C=O) groups excluding carboxylic acids is 2. The number of ketones is 1. The van der Waals surface area contributed by atoms with Crippen molar-refractivity contribution in [2.45, 2.75) is 77.2 Å². The summed E-state index contributed by atoms with van der Waals surface area (Å²) in [5, 5.41) is 3.37. The second-order valence-corrected chi connectivity index (χ2v) is 8.34. The molecule has 1 N–H and O–H groups in total. The Balaban J connectivity index is 1.72. The third-order valence-corrected chi connectivity index (χ3v) is 6.23. The zero-order valence-electron chi connectivity index (χ0n) is 16.8. The Hall–Kier alpha value is -2.36. The SMILES string of the molecule is CC1=C(C(=O)OC2CCCCC2)C(c2ccc(C)cc2)C2=C(CCCC2=O)N1. The molecule has 4 heteroatoms. The molecular weight excluding hydrogens is 350 g/mol. The van der Waals surface area contributed by atoms with E-state index < -0.39 is 0 Å². The van der Waals surface area contributed by atoms with Crippen LogP contribution in [-0.4, -0.2) is 17.9 Å². The molecule has 0 radical (unpaired) electrons. The Morgan fingerprint density at radius 3 is 2.43 bits per heavy atom. The van der Waals surface area contributed by atoms with Crippen LogP contribution in [0.5, 0.6) is 0 Å². The van der Waals surface area contributed by atoms with E-state index in [-0.39, 0.29) is 23.8 Å². The number of ether oxygens (including phenoxy) is 1. The second kappa shape index (κ2) is 7.94. The lowest BCUT2D eigenvalue weighted by Crippen LogP contribution is -2.35. The smallest absolute Gasteiger partial charge is 0.337 e. The predicted molar refractivity (Wildman–Crippen MR) is 109 cm³/mol. The standard InChI is InChI=1S/C24H29NO3/c1-15-11-13-17(14-12-15)22-21(24(27)28-18-7-4-3-5-8-18)16(2)25-19-9-6-10-20(26)23(19)22/h11-14,18,22,25H,3-10H2,1-2H3. The van der Waals surface area contributed by atoms with E-state index in [0.717, 1.165) is 66.6 Å². The van der Waals surface area contributed by atoms with Crippen LogP contribution in [0.4, 0.5) is 0 Å². The van der Waals surface area contributed by atoms with Crippen molar-refractivity contribution in [3.05, 3.63) is 57.9 Å². The molecule has 0 spiro atoms. The number of nitrogens with one attached hydrogen (secondary N) is 1. The average molecular weight is 380 g/mol. The van der Waals surface area contributed by atoms with Crippen molar-refractivity contribution >= 4 is 11.8 Å². The lowest BCUT2D eigenvalue weighted by Gasteiger charge is -2.35. The summed E-state index contributed by atoms with van der Waals surface area (Å²) in [5.74, 6) is -0.456. The summed E-state index contributed by atoms with van der Waals surface area (Å²) >= 11 is 0. The number of allylic oxidation sites excluding steroid dienone is 3. The monoisotopic (exact) mass is 379 g/mol. The number of dihydropyridines is 1. The maximum absolute atomic E-state index is 13.3. The minimum absolute atomic E-state index is 0.00217. The van der Waals surface area contributed by atoms with Gasteiger partial charge in [0.15, 0.2) is 5.78 Å². The van der Waals surface area contributed by atoms with Crippen LogP contribution in [0.3, 0.4) is 0 Å². The normalized spacial score (nSPS) is 23.4. The van der Waals surface area contributed by atoms with E-state index in [2.05, 4.69) is 5.32 Å². The summed E-state index contributed by atoms with van der Waals surface area (Å²) in [6.45, 7) is 3.98. The number of esters is 1. The van der Waals surface area contributed by atoms with E-state index in [1.54, 1.807) is 0 Å². The van der Waals surface area contributed by atoms with Gasteiger partial charge in [0, 0.05) is 29.3 Å². The van der Waals surface area contributed by atoms with Gasteiger partial charge in [-0.2, -0.15) is 0 Å². The number of aryl methyl sites for hydroxylation is 1. The summed E-state index contributed by atoms with van der Waals surface area (Å²) < 4.78 is 5.92.